The summed E-state index contributed by atoms with van der Waals surface area (Å²) in [6, 6.07) is 0.533. The SMILES string of the molecule is C[Si](C)(C)Oc1ncc(I)c(N([Si](C)(C)C)[Si](C)(C)C)n1. The summed E-state index contributed by atoms with van der Waals surface area (Å²) >= 11 is 2.34. The van der Waals surface area contributed by atoms with Gasteiger partial charge in [-0.1, -0.05) is 39.3 Å². The summed E-state index contributed by atoms with van der Waals surface area (Å²) in [5, 5.41) is 0. The lowest BCUT2D eigenvalue weighted by Crippen LogP contribution is -2.60. The van der Waals surface area contributed by atoms with Crippen LogP contribution in [0.2, 0.25) is 58.9 Å². The molecule has 0 saturated heterocycles. The highest BCUT2D eigenvalue weighted by Crippen LogP contribution is 2.31. The number of hydrogen-bond donors (Lipinski definition) is 0. The molecule has 1 aromatic rings. The summed E-state index contributed by atoms with van der Waals surface area (Å²) in [6.45, 7) is 20.7. The Hall–Kier alpha value is 0.0606. The predicted molar refractivity (Wildman–Crippen MR) is 108 cm³/mol. The van der Waals surface area contributed by atoms with Crippen LogP contribution in [0.25, 0.3) is 0 Å². The zero-order valence-corrected chi connectivity index (χ0v) is 19.9. The molecule has 0 aliphatic rings. The standard InChI is InChI=1S/C13H28IN3OSi3/c1-19(2,3)17(20(4,5)6)12-11(14)10-15-13(16-12)18-21(7,8)9/h10H,1-9H3. The van der Waals surface area contributed by atoms with E-state index in [9.17, 15) is 0 Å². The molecule has 0 spiro atoms. The van der Waals surface area contributed by atoms with Gasteiger partial charge in [0.15, 0.2) is 0 Å². The maximum atomic E-state index is 5.99. The fourth-order valence-corrected chi connectivity index (χ4v) is 13.7. The molecule has 21 heavy (non-hydrogen) atoms. The lowest BCUT2D eigenvalue weighted by atomic mass is 10.6. The zero-order valence-electron chi connectivity index (χ0n) is 14.7. The van der Waals surface area contributed by atoms with Crippen molar-refractivity contribution >= 4 is 53.2 Å². The van der Waals surface area contributed by atoms with Crippen molar-refractivity contribution in [3.63, 3.8) is 0 Å². The molecule has 0 aliphatic heterocycles. The average molecular weight is 454 g/mol. The number of hydrogen-bond acceptors (Lipinski definition) is 4. The second-order valence-electron chi connectivity index (χ2n) is 8.22. The number of anilines is 1. The quantitative estimate of drug-likeness (QED) is 0.476. The van der Waals surface area contributed by atoms with Crippen LogP contribution in [0.5, 0.6) is 6.01 Å². The first kappa shape index (κ1) is 19.1. The van der Waals surface area contributed by atoms with Gasteiger partial charge in [-0.05, 0) is 42.2 Å². The van der Waals surface area contributed by atoms with Crippen LogP contribution in [0.1, 0.15) is 0 Å². The minimum atomic E-state index is -1.69. The molecule has 1 heterocycles. The van der Waals surface area contributed by atoms with E-state index in [0.717, 1.165) is 9.39 Å². The molecule has 0 amide bonds. The van der Waals surface area contributed by atoms with Gasteiger partial charge in [0, 0.05) is 6.20 Å². The summed E-state index contributed by atoms with van der Waals surface area (Å²) in [5.74, 6) is 1.07. The summed E-state index contributed by atoms with van der Waals surface area (Å²) in [7, 11) is -4.73. The molecule has 0 N–H and O–H groups in total. The molecule has 1 rings (SSSR count). The van der Waals surface area contributed by atoms with Crippen molar-refractivity contribution in [1.82, 2.24) is 9.97 Å². The first-order valence-electron chi connectivity index (χ1n) is 7.24. The van der Waals surface area contributed by atoms with Gasteiger partial charge < -0.3 is 8.66 Å². The molecule has 4 nitrogen and oxygen atoms in total. The first-order chi connectivity index (χ1) is 9.22. The Bertz CT molecular complexity index is 493. The van der Waals surface area contributed by atoms with E-state index in [2.05, 4.69) is 90.7 Å². The summed E-state index contributed by atoms with van der Waals surface area (Å²) < 4.78 is 9.71. The van der Waals surface area contributed by atoms with Crippen LogP contribution in [-0.4, -0.2) is 34.8 Å². The molecule has 0 unspecified atom stereocenters. The lowest BCUT2D eigenvalue weighted by molar-refractivity contribution is 0.509. The molecule has 0 atom stereocenters. The van der Waals surface area contributed by atoms with E-state index in [0.29, 0.717) is 6.01 Å². The van der Waals surface area contributed by atoms with Gasteiger partial charge in [-0.15, -0.1) is 0 Å². The third kappa shape index (κ3) is 5.64. The Morgan fingerprint density at radius 1 is 0.952 bits per heavy atom. The van der Waals surface area contributed by atoms with Crippen LogP contribution in [0, 0.1) is 3.57 Å². The van der Waals surface area contributed by atoms with Gasteiger partial charge >= 0.3 is 6.01 Å². The fraction of sp³-hybridized carbons (Fsp3) is 0.692. The molecule has 0 bridgehead atoms. The van der Waals surface area contributed by atoms with Crippen LogP contribution in [0.3, 0.4) is 0 Å². The number of rotatable bonds is 5. The van der Waals surface area contributed by atoms with Crippen LogP contribution >= 0.6 is 22.6 Å². The Morgan fingerprint density at radius 3 is 1.81 bits per heavy atom. The van der Waals surface area contributed by atoms with Crippen molar-refractivity contribution in [2.45, 2.75) is 58.9 Å². The second-order valence-corrected chi connectivity index (χ2v) is 23.8. The van der Waals surface area contributed by atoms with E-state index in [1.165, 1.54) is 0 Å². The van der Waals surface area contributed by atoms with E-state index in [1.807, 2.05) is 6.20 Å². The van der Waals surface area contributed by atoms with Crippen LogP contribution in [0.15, 0.2) is 6.20 Å². The van der Waals surface area contributed by atoms with Gasteiger partial charge in [0.05, 0.1) is 3.57 Å². The number of nitrogens with zero attached hydrogens (tertiary/aromatic N) is 3. The maximum absolute atomic E-state index is 5.99. The van der Waals surface area contributed by atoms with Crippen LogP contribution < -0.4 is 8.66 Å². The van der Waals surface area contributed by atoms with E-state index in [1.54, 1.807) is 0 Å². The molecule has 0 aromatic carbocycles. The molecule has 120 valence electrons. The van der Waals surface area contributed by atoms with Crippen molar-refractivity contribution in [3.8, 4) is 6.01 Å². The molecular weight excluding hydrogens is 425 g/mol. The average Bonchev–Trinajstić information content (AvgIpc) is 2.16. The first-order valence-corrected chi connectivity index (χ1v) is 18.6. The van der Waals surface area contributed by atoms with Crippen LogP contribution in [-0.2, 0) is 0 Å². The molecule has 0 saturated carbocycles. The number of aromatic nitrogens is 2. The zero-order chi connectivity index (χ0) is 16.6. The van der Waals surface area contributed by atoms with Gasteiger partial charge in [-0.3, -0.25) is 0 Å². The highest BCUT2D eigenvalue weighted by Gasteiger charge is 2.37. The predicted octanol–water partition coefficient (Wildman–Crippen LogP) is 4.77. The van der Waals surface area contributed by atoms with Gasteiger partial charge in [0.1, 0.15) is 22.3 Å². The molecule has 0 aliphatic carbocycles. The minimum absolute atomic E-state index is 0.533. The monoisotopic (exact) mass is 453 g/mol. The fourth-order valence-electron chi connectivity index (χ4n) is 2.46. The van der Waals surface area contributed by atoms with Crippen molar-refractivity contribution < 1.29 is 4.43 Å². The van der Waals surface area contributed by atoms with E-state index in [-0.39, 0.29) is 0 Å². The van der Waals surface area contributed by atoms with Gasteiger partial charge in [-0.2, -0.15) is 4.98 Å². The highest BCUT2D eigenvalue weighted by molar-refractivity contribution is 14.1. The Labute approximate surface area is 146 Å². The van der Waals surface area contributed by atoms with E-state index >= 15 is 0 Å². The summed E-state index contributed by atoms with van der Waals surface area (Å²) in [4.78, 5) is 9.15. The van der Waals surface area contributed by atoms with Crippen molar-refractivity contribution in [2.24, 2.45) is 0 Å². The minimum Gasteiger partial charge on any atom is -0.518 e. The van der Waals surface area contributed by atoms with Crippen molar-refractivity contribution in [3.05, 3.63) is 9.77 Å². The Morgan fingerprint density at radius 2 is 1.43 bits per heavy atom. The largest absolute Gasteiger partial charge is 0.518 e. The summed E-state index contributed by atoms with van der Waals surface area (Å²) in [5.41, 5.74) is 0. The van der Waals surface area contributed by atoms with Gasteiger partial charge in [-0.25, -0.2) is 4.98 Å². The summed E-state index contributed by atoms with van der Waals surface area (Å²) in [6.07, 6.45) is 1.89. The smallest absolute Gasteiger partial charge is 0.304 e. The van der Waals surface area contributed by atoms with Crippen LogP contribution in [0.4, 0.5) is 5.82 Å². The van der Waals surface area contributed by atoms with Crippen molar-refractivity contribution in [2.75, 3.05) is 4.23 Å². The molecule has 0 radical (unpaired) electrons. The topological polar surface area (TPSA) is 38.2 Å². The Kier molecular flexibility index (Phi) is 5.72. The van der Waals surface area contributed by atoms with Crippen molar-refractivity contribution in [1.29, 1.82) is 0 Å². The normalized spacial score (nSPS) is 13.2. The third-order valence-electron chi connectivity index (χ3n) is 2.65. The third-order valence-corrected chi connectivity index (χ3v) is 11.3. The molecule has 0 fully saturated rings. The molecule has 1 aromatic heterocycles. The van der Waals surface area contributed by atoms with Gasteiger partial charge in [0.2, 0.25) is 8.32 Å². The number of halogens is 1. The highest BCUT2D eigenvalue weighted by atomic mass is 127. The second kappa shape index (κ2) is 6.28. The Balaban J connectivity index is 3.35. The molecular formula is C13H28IN3OSi3. The molecule has 8 heteroatoms. The van der Waals surface area contributed by atoms with Gasteiger partial charge in [0.25, 0.3) is 0 Å². The van der Waals surface area contributed by atoms with E-state index < -0.39 is 24.8 Å². The van der Waals surface area contributed by atoms with E-state index in [4.69, 9.17) is 9.41 Å². The lowest BCUT2D eigenvalue weighted by Gasteiger charge is -2.45. The maximum Gasteiger partial charge on any atom is 0.304 e.